The van der Waals surface area contributed by atoms with Crippen LogP contribution in [0.15, 0.2) is 29.3 Å². The van der Waals surface area contributed by atoms with Gasteiger partial charge >= 0.3 is 6.09 Å². The summed E-state index contributed by atoms with van der Waals surface area (Å²) in [5.74, 6) is -0.196. The van der Waals surface area contributed by atoms with Gasteiger partial charge in [-0.3, -0.25) is 0 Å². The number of nitrogens with zero attached hydrogens (tertiary/aromatic N) is 3. The molecule has 0 saturated carbocycles. The minimum atomic E-state index is -4.16. The van der Waals surface area contributed by atoms with Gasteiger partial charge in [-0.15, -0.1) is 0 Å². The van der Waals surface area contributed by atoms with Crippen molar-refractivity contribution in [2.75, 3.05) is 25.5 Å². The number of hydrogen-bond donors (Lipinski definition) is 4. The molecule has 0 spiro atoms. The number of methoxy groups -OCH3 is 1. The van der Waals surface area contributed by atoms with Crippen LogP contribution in [0.2, 0.25) is 5.02 Å². The molecule has 14 heteroatoms. The molecule has 0 bridgehead atoms. The molecule has 2 heterocycles. The quantitative estimate of drug-likeness (QED) is 0.274. The standard InChI is InChI=1S/C25H33ClFN7O4S/c1-7-9-30-39(36,37)18-12-15(26)11-16(19(18)27)20-21(34-22(33-20)25(3,4)5)17-8-10-28-23(32-17)29-13-14(2)31-24(35)38-6/h8,10-12,14,30H,7,9,13H2,1-6H3,(H,31,35)(H,33,34)(H,28,29,32)/t14-/m0/s1. The molecule has 0 fully saturated rings. The van der Waals surface area contributed by atoms with E-state index in [9.17, 15) is 13.2 Å². The van der Waals surface area contributed by atoms with Crippen molar-refractivity contribution in [2.45, 2.75) is 57.4 Å². The molecule has 0 aliphatic heterocycles. The Morgan fingerprint density at radius 3 is 2.62 bits per heavy atom. The Labute approximate surface area is 232 Å². The lowest BCUT2D eigenvalue weighted by Crippen LogP contribution is -2.37. The Bertz CT molecular complexity index is 1440. The summed E-state index contributed by atoms with van der Waals surface area (Å²) in [5.41, 5.74) is 0.342. The number of hydrogen-bond acceptors (Lipinski definition) is 8. The number of ether oxygens (including phenoxy) is 1. The second kappa shape index (κ2) is 12.3. The number of carbonyl (C=O) groups excluding carboxylic acids is 1. The van der Waals surface area contributed by atoms with Crippen LogP contribution in [0.4, 0.5) is 15.1 Å². The highest BCUT2D eigenvalue weighted by atomic mass is 35.5. The van der Waals surface area contributed by atoms with E-state index in [-0.39, 0.29) is 34.8 Å². The maximum absolute atomic E-state index is 15.9. The van der Waals surface area contributed by atoms with Gasteiger partial charge in [-0.05, 0) is 31.5 Å². The minimum Gasteiger partial charge on any atom is -0.453 e. The highest BCUT2D eigenvalue weighted by Gasteiger charge is 2.28. The van der Waals surface area contributed by atoms with Crippen LogP contribution in [0.1, 0.15) is 46.9 Å². The molecule has 1 amide bonds. The summed E-state index contributed by atoms with van der Waals surface area (Å²) in [7, 11) is -2.88. The van der Waals surface area contributed by atoms with Gasteiger partial charge in [-0.2, -0.15) is 0 Å². The Morgan fingerprint density at radius 2 is 1.97 bits per heavy atom. The van der Waals surface area contributed by atoms with Gasteiger partial charge in [0.1, 0.15) is 16.4 Å². The molecule has 0 unspecified atom stereocenters. The lowest BCUT2D eigenvalue weighted by Gasteiger charge is -2.14. The SMILES string of the molecule is CCCNS(=O)(=O)c1cc(Cl)cc(-c2nc(C(C)(C)C)[nH]c2-c2ccnc(NC[C@H](C)NC(=O)OC)n2)c1F. The maximum atomic E-state index is 15.9. The van der Waals surface area contributed by atoms with E-state index in [1.165, 1.54) is 19.4 Å². The third-order valence-corrected chi connectivity index (χ3v) is 7.21. The lowest BCUT2D eigenvalue weighted by atomic mass is 9.96. The first-order chi connectivity index (χ1) is 18.3. The molecule has 39 heavy (non-hydrogen) atoms. The highest BCUT2D eigenvalue weighted by Crippen LogP contribution is 2.37. The fourth-order valence-corrected chi connectivity index (χ4v) is 5.03. The zero-order valence-electron chi connectivity index (χ0n) is 22.6. The smallest absolute Gasteiger partial charge is 0.407 e. The number of sulfonamides is 1. The number of nitrogens with one attached hydrogen (secondary N) is 4. The first-order valence-electron chi connectivity index (χ1n) is 12.3. The Morgan fingerprint density at radius 1 is 1.26 bits per heavy atom. The molecule has 0 radical (unpaired) electrons. The van der Waals surface area contributed by atoms with E-state index in [0.29, 0.717) is 30.2 Å². The van der Waals surface area contributed by atoms with Crippen molar-refractivity contribution in [3.63, 3.8) is 0 Å². The molecule has 0 saturated heterocycles. The van der Waals surface area contributed by atoms with Gasteiger partial charge in [0, 0.05) is 41.3 Å². The van der Waals surface area contributed by atoms with E-state index in [2.05, 4.69) is 40.0 Å². The summed E-state index contributed by atoms with van der Waals surface area (Å²) in [5, 5.41) is 5.71. The summed E-state index contributed by atoms with van der Waals surface area (Å²) in [4.78, 5) is 27.5. The molecular formula is C25H33ClFN7O4S. The number of anilines is 1. The Balaban J connectivity index is 2.09. The molecule has 4 N–H and O–H groups in total. The molecule has 1 atom stereocenters. The van der Waals surface area contributed by atoms with Crippen LogP contribution in [0.25, 0.3) is 22.6 Å². The van der Waals surface area contributed by atoms with Crippen molar-refractivity contribution in [3.8, 4) is 22.6 Å². The number of imidazole rings is 1. The normalized spacial score (nSPS) is 12.7. The first-order valence-corrected chi connectivity index (χ1v) is 14.1. The summed E-state index contributed by atoms with van der Waals surface area (Å²) in [6, 6.07) is 3.74. The van der Waals surface area contributed by atoms with Crippen LogP contribution in [-0.4, -0.2) is 60.7 Å². The van der Waals surface area contributed by atoms with Crippen molar-refractivity contribution < 1.29 is 22.3 Å². The number of aromatic nitrogens is 4. The number of aromatic amines is 1. The van der Waals surface area contributed by atoms with E-state index < -0.39 is 32.2 Å². The molecule has 3 rings (SSSR count). The third-order valence-electron chi connectivity index (χ3n) is 5.53. The fraction of sp³-hybridized carbons (Fsp3) is 0.440. The second-order valence-corrected chi connectivity index (χ2v) is 12.1. The number of H-pyrrole nitrogens is 1. The average molecular weight is 582 g/mol. The number of carbonyl (C=O) groups is 1. The van der Waals surface area contributed by atoms with Gasteiger partial charge in [0.05, 0.1) is 18.5 Å². The van der Waals surface area contributed by atoms with Crippen LogP contribution < -0.4 is 15.4 Å². The van der Waals surface area contributed by atoms with Gasteiger partial charge in [0.2, 0.25) is 16.0 Å². The molecule has 2 aromatic heterocycles. The van der Waals surface area contributed by atoms with E-state index in [0.717, 1.165) is 6.07 Å². The molecule has 3 aromatic rings. The molecule has 11 nitrogen and oxygen atoms in total. The van der Waals surface area contributed by atoms with E-state index in [1.54, 1.807) is 19.9 Å². The largest absolute Gasteiger partial charge is 0.453 e. The van der Waals surface area contributed by atoms with Gasteiger partial charge < -0.3 is 20.4 Å². The Hall–Kier alpha value is -3.29. The summed E-state index contributed by atoms with van der Waals surface area (Å²) in [6.07, 6.45) is 1.49. The minimum absolute atomic E-state index is 0.0340. The molecule has 0 aliphatic carbocycles. The monoisotopic (exact) mass is 581 g/mol. The number of halogens is 2. The van der Waals surface area contributed by atoms with Gasteiger partial charge in [-0.1, -0.05) is 39.3 Å². The molecule has 1 aromatic carbocycles. The predicted molar refractivity (Wildman–Crippen MR) is 148 cm³/mol. The lowest BCUT2D eigenvalue weighted by molar-refractivity contribution is 0.168. The molecular weight excluding hydrogens is 549 g/mol. The predicted octanol–water partition coefficient (Wildman–Crippen LogP) is 4.47. The molecule has 212 valence electrons. The number of benzene rings is 1. The number of alkyl carbamates (subject to hydrolysis) is 1. The van der Waals surface area contributed by atoms with Crippen molar-refractivity contribution in [1.82, 2.24) is 30.0 Å². The summed E-state index contributed by atoms with van der Waals surface area (Å²) < 4.78 is 48.5. The first kappa shape index (κ1) is 30.3. The summed E-state index contributed by atoms with van der Waals surface area (Å²) in [6.45, 7) is 9.82. The van der Waals surface area contributed by atoms with E-state index in [1.807, 2.05) is 20.8 Å². The van der Waals surface area contributed by atoms with Crippen LogP contribution in [0.3, 0.4) is 0 Å². The highest BCUT2D eigenvalue weighted by molar-refractivity contribution is 7.89. The van der Waals surface area contributed by atoms with Crippen molar-refractivity contribution in [2.24, 2.45) is 0 Å². The van der Waals surface area contributed by atoms with Gasteiger partial charge in [0.15, 0.2) is 5.82 Å². The number of amides is 1. The molecule has 0 aliphatic rings. The van der Waals surface area contributed by atoms with Crippen molar-refractivity contribution in [1.29, 1.82) is 0 Å². The summed E-state index contributed by atoms with van der Waals surface area (Å²) >= 11 is 6.28. The third kappa shape index (κ3) is 7.43. The zero-order chi connectivity index (χ0) is 29.0. The number of rotatable bonds is 10. The van der Waals surface area contributed by atoms with Gasteiger partial charge in [-0.25, -0.2) is 37.3 Å². The van der Waals surface area contributed by atoms with E-state index in [4.69, 9.17) is 11.6 Å². The van der Waals surface area contributed by atoms with Gasteiger partial charge in [0.25, 0.3) is 0 Å². The maximum Gasteiger partial charge on any atom is 0.407 e. The van der Waals surface area contributed by atoms with Crippen molar-refractivity contribution in [3.05, 3.63) is 41.1 Å². The van der Waals surface area contributed by atoms with Crippen molar-refractivity contribution >= 4 is 33.7 Å². The van der Waals surface area contributed by atoms with Crippen LogP contribution in [-0.2, 0) is 20.2 Å². The zero-order valence-corrected chi connectivity index (χ0v) is 24.2. The fourth-order valence-electron chi connectivity index (χ4n) is 3.49. The average Bonchev–Trinajstić information content (AvgIpc) is 3.33. The van der Waals surface area contributed by atoms with Crippen LogP contribution >= 0.6 is 11.6 Å². The second-order valence-electron chi connectivity index (χ2n) is 9.91. The van der Waals surface area contributed by atoms with Crippen LogP contribution in [0, 0.1) is 5.82 Å². The van der Waals surface area contributed by atoms with Crippen LogP contribution in [0.5, 0.6) is 0 Å². The Kier molecular flexibility index (Phi) is 9.51. The van der Waals surface area contributed by atoms with E-state index >= 15 is 4.39 Å². The topological polar surface area (TPSA) is 151 Å².